The van der Waals surface area contributed by atoms with Crippen LogP contribution in [0.3, 0.4) is 0 Å². The van der Waals surface area contributed by atoms with Crippen LogP contribution in [0.4, 0.5) is 5.69 Å². The zero-order chi connectivity index (χ0) is 13.2. The fourth-order valence-electron chi connectivity index (χ4n) is 2.72. The molecule has 1 N–H and O–H groups in total. The van der Waals surface area contributed by atoms with E-state index in [0.717, 1.165) is 31.2 Å². The molecule has 1 aliphatic carbocycles. The molecule has 0 bridgehead atoms. The number of piperidine rings is 1. The van der Waals surface area contributed by atoms with Crippen molar-refractivity contribution in [2.24, 2.45) is 5.92 Å². The second-order valence-corrected chi connectivity index (χ2v) is 6.17. The smallest absolute Gasteiger partial charge is 0.175 e. The van der Waals surface area contributed by atoms with Gasteiger partial charge in [-0.05, 0) is 44.7 Å². The van der Waals surface area contributed by atoms with Gasteiger partial charge in [-0.1, -0.05) is 23.2 Å². The van der Waals surface area contributed by atoms with Crippen molar-refractivity contribution in [3.8, 4) is 0 Å². The van der Waals surface area contributed by atoms with E-state index >= 15 is 0 Å². The Morgan fingerprint density at radius 3 is 2.58 bits per heavy atom. The lowest BCUT2D eigenvalue weighted by Crippen LogP contribution is -2.37. The van der Waals surface area contributed by atoms with E-state index < -0.39 is 0 Å². The van der Waals surface area contributed by atoms with Crippen molar-refractivity contribution in [2.45, 2.75) is 31.7 Å². The minimum Gasteiger partial charge on any atom is -0.366 e. The van der Waals surface area contributed by atoms with Gasteiger partial charge in [-0.2, -0.15) is 0 Å². The highest BCUT2D eigenvalue weighted by molar-refractivity contribution is 6.33. The number of aromatic nitrogens is 2. The summed E-state index contributed by atoms with van der Waals surface area (Å²) < 4.78 is 0. The maximum Gasteiger partial charge on any atom is 0.175 e. The summed E-state index contributed by atoms with van der Waals surface area (Å²) >= 11 is 12.2. The lowest BCUT2D eigenvalue weighted by Gasteiger charge is -2.32. The van der Waals surface area contributed by atoms with Crippen molar-refractivity contribution in [1.29, 1.82) is 0 Å². The minimum absolute atomic E-state index is 0.412. The molecule has 19 heavy (non-hydrogen) atoms. The summed E-state index contributed by atoms with van der Waals surface area (Å²) in [5, 5.41) is 12.0. The topological polar surface area (TPSA) is 41.0 Å². The first-order valence-electron chi connectivity index (χ1n) is 6.90. The fraction of sp³-hybridized carbons (Fsp3) is 0.692. The Labute approximate surface area is 123 Å². The van der Waals surface area contributed by atoms with Crippen LogP contribution >= 0.6 is 23.2 Å². The van der Waals surface area contributed by atoms with Gasteiger partial charge in [-0.25, -0.2) is 0 Å². The van der Waals surface area contributed by atoms with Crippen molar-refractivity contribution in [1.82, 2.24) is 15.5 Å². The quantitative estimate of drug-likeness (QED) is 0.928. The SMILES string of the molecule is Clc1cc(N(CC2CCNCC2)C2CC2)c(Cl)nn1. The van der Waals surface area contributed by atoms with E-state index in [4.69, 9.17) is 23.2 Å². The van der Waals surface area contributed by atoms with Gasteiger partial charge in [0.2, 0.25) is 0 Å². The lowest BCUT2D eigenvalue weighted by molar-refractivity contribution is 0.372. The molecule has 1 saturated heterocycles. The molecule has 2 aliphatic rings. The minimum atomic E-state index is 0.412. The Bertz CT molecular complexity index is 444. The molecule has 0 aromatic carbocycles. The van der Waals surface area contributed by atoms with Crippen LogP contribution in [0, 0.1) is 5.92 Å². The molecule has 4 nitrogen and oxygen atoms in total. The van der Waals surface area contributed by atoms with E-state index in [1.165, 1.54) is 25.7 Å². The van der Waals surface area contributed by atoms with Crippen LogP contribution < -0.4 is 10.2 Å². The van der Waals surface area contributed by atoms with E-state index in [-0.39, 0.29) is 0 Å². The Morgan fingerprint density at radius 2 is 1.89 bits per heavy atom. The summed E-state index contributed by atoms with van der Waals surface area (Å²) in [7, 11) is 0. The molecule has 2 fully saturated rings. The number of hydrogen-bond acceptors (Lipinski definition) is 4. The molecule has 0 radical (unpaired) electrons. The summed E-state index contributed by atoms with van der Waals surface area (Å²) in [5.74, 6) is 0.727. The average Bonchev–Trinajstić information content (AvgIpc) is 3.25. The molecule has 104 valence electrons. The largest absolute Gasteiger partial charge is 0.366 e. The number of halogens is 2. The zero-order valence-corrected chi connectivity index (χ0v) is 12.3. The third kappa shape index (κ3) is 3.30. The van der Waals surface area contributed by atoms with Crippen molar-refractivity contribution < 1.29 is 0 Å². The fourth-order valence-corrected chi connectivity index (χ4v) is 3.06. The Balaban J connectivity index is 1.78. The highest BCUT2D eigenvalue weighted by Crippen LogP contribution is 2.36. The number of hydrogen-bond donors (Lipinski definition) is 1. The number of anilines is 1. The van der Waals surface area contributed by atoms with Crippen LogP contribution in [0.5, 0.6) is 0 Å². The number of rotatable bonds is 4. The Hall–Kier alpha value is -0.580. The van der Waals surface area contributed by atoms with Gasteiger partial charge in [0.05, 0.1) is 5.69 Å². The van der Waals surface area contributed by atoms with Gasteiger partial charge in [0.1, 0.15) is 0 Å². The summed E-state index contributed by atoms with van der Waals surface area (Å²) in [6, 6.07) is 2.45. The van der Waals surface area contributed by atoms with Gasteiger partial charge >= 0.3 is 0 Å². The number of nitrogens with one attached hydrogen (secondary N) is 1. The normalized spacial score (nSPS) is 20.5. The molecule has 0 atom stereocenters. The van der Waals surface area contributed by atoms with E-state index in [2.05, 4.69) is 20.4 Å². The molecule has 0 amide bonds. The molecule has 2 heterocycles. The maximum absolute atomic E-state index is 6.19. The van der Waals surface area contributed by atoms with Crippen molar-refractivity contribution in [3.05, 3.63) is 16.4 Å². The molecular formula is C13H18Cl2N4. The molecule has 1 aromatic heterocycles. The van der Waals surface area contributed by atoms with E-state index in [1.807, 2.05) is 6.07 Å². The van der Waals surface area contributed by atoms with Crippen LogP contribution in [-0.2, 0) is 0 Å². The highest BCUT2D eigenvalue weighted by Gasteiger charge is 2.32. The summed E-state index contributed by atoms with van der Waals surface area (Å²) in [5.41, 5.74) is 0.947. The molecule has 1 aliphatic heterocycles. The van der Waals surface area contributed by atoms with E-state index in [0.29, 0.717) is 16.3 Å². The maximum atomic E-state index is 6.19. The molecular weight excluding hydrogens is 283 g/mol. The third-order valence-corrected chi connectivity index (χ3v) is 4.37. The van der Waals surface area contributed by atoms with E-state index in [1.54, 1.807) is 0 Å². The summed E-state index contributed by atoms with van der Waals surface area (Å²) in [4.78, 5) is 2.39. The Kier molecular flexibility index (Phi) is 4.10. The third-order valence-electron chi connectivity index (χ3n) is 3.91. The first-order valence-corrected chi connectivity index (χ1v) is 7.65. The van der Waals surface area contributed by atoms with Gasteiger partial charge in [0.15, 0.2) is 10.3 Å². The first kappa shape index (κ1) is 13.4. The molecule has 3 rings (SSSR count). The summed E-state index contributed by atoms with van der Waals surface area (Å²) in [6.07, 6.45) is 4.93. The van der Waals surface area contributed by atoms with E-state index in [9.17, 15) is 0 Å². The van der Waals surface area contributed by atoms with Crippen LogP contribution in [-0.4, -0.2) is 35.9 Å². The van der Waals surface area contributed by atoms with Gasteiger partial charge in [-0.3, -0.25) is 0 Å². The second kappa shape index (κ2) is 5.81. The Morgan fingerprint density at radius 1 is 1.16 bits per heavy atom. The predicted molar refractivity (Wildman–Crippen MR) is 78.0 cm³/mol. The molecule has 1 saturated carbocycles. The lowest BCUT2D eigenvalue weighted by atomic mass is 9.97. The standard InChI is InChI=1S/C13H18Cl2N4/c14-12-7-11(13(15)18-17-12)19(10-1-2-10)8-9-3-5-16-6-4-9/h7,9-10,16H,1-6,8H2. The van der Waals surface area contributed by atoms with Crippen molar-refractivity contribution >= 4 is 28.9 Å². The van der Waals surface area contributed by atoms with Crippen LogP contribution in [0.1, 0.15) is 25.7 Å². The van der Waals surface area contributed by atoms with Crippen molar-refractivity contribution in [2.75, 3.05) is 24.5 Å². The molecule has 0 unspecified atom stereocenters. The molecule has 1 aromatic rings. The average molecular weight is 301 g/mol. The van der Waals surface area contributed by atoms with Gasteiger partial charge in [-0.15, -0.1) is 10.2 Å². The van der Waals surface area contributed by atoms with Gasteiger partial charge in [0.25, 0.3) is 0 Å². The number of nitrogens with zero attached hydrogens (tertiary/aromatic N) is 3. The molecule has 0 spiro atoms. The molecule has 6 heteroatoms. The van der Waals surface area contributed by atoms with Gasteiger partial charge in [0, 0.05) is 18.7 Å². The monoisotopic (exact) mass is 300 g/mol. The predicted octanol–water partition coefficient (Wildman–Crippen LogP) is 2.75. The van der Waals surface area contributed by atoms with Crippen LogP contribution in [0.25, 0.3) is 0 Å². The highest BCUT2D eigenvalue weighted by atomic mass is 35.5. The van der Waals surface area contributed by atoms with Crippen LogP contribution in [0.2, 0.25) is 10.3 Å². The second-order valence-electron chi connectivity index (χ2n) is 5.42. The summed E-state index contributed by atoms with van der Waals surface area (Å²) in [6.45, 7) is 3.28. The van der Waals surface area contributed by atoms with Crippen LogP contribution in [0.15, 0.2) is 6.07 Å². The zero-order valence-electron chi connectivity index (χ0n) is 10.8. The first-order chi connectivity index (χ1) is 9.24. The van der Waals surface area contributed by atoms with Gasteiger partial charge < -0.3 is 10.2 Å². The van der Waals surface area contributed by atoms with Crippen molar-refractivity contribution in [3.63, 3.8) is 0 Å².